The molecule has 1 aliphatic rings. The van der Waals surface area contributed by atoms with Crippen LogP contribution in [0.5, 0.6) is 0 Å². The van der Waals surface area contributed by atoms with E-state index >= 15 is 0 Å². The maximum atomic E-state index is 12.3. The predicted molar refractivity (Wildman–Crippen MR) is 68.5 cm³/mol. The molecule has 0 aliphatic carbocycles. The van der Waals surface area contributed by atoms with E-state index in [2.05, 4.69) is 0 Å². The van der Waals surface area contributed by atoms with Crippen LogP contribution in [0.25, 0.3) is 0 Å². The van der Waals surface area contributed by atoms with Crippen LogP contribution in [0.4, 0.5) is 4.79 Å². The van der Waals surface area contributed by atoms with Crippen LogP contribution in [0, 0.1) is 0 Å². The minimum atomic E-state index is -1.33. The van der Waals surface area contributed by atoms with E-state index in [4.69, 9.17) is 14.2 Å². The van der Waals surface area contributed by atoms with E-state index in [1.54, 1.807) is 27.7 Å². The number of carbonyl (C=O) groups is 2. The molecule has 1 aliphatic heterocycles. The third-order valence-corrected chi connectivity index (χ3v) is 2.87. The summed E-state index contributed by atoms with van der Waals surface area (Å²) >= 11 is 0. The van der Waals surface area contributed by atoms with Crippen molar-refractivity contribution in [1.29, 1.82) is 0 Å². The average Bonchev–Trinajstić information content (AvgIpc) is 2.74. The Bertz CT molecular complexity index is 331. The van der Waals surface area contributed by atoms with Crippen molar-refractivity contribution < 1.29 is 23.8 Å². The number of nitrogens with zero attached hydrogens (tertiary/aromatic N) is 1. The van der Waals surface area contributed by atoms with Crippen LogP contribution in [0.15, 0.2) is 0 Å². The largest absolute Gasteiger partial charge is 0.459 e. The standard InChI is InChI=1S/C13H23NO5/c1-5-17-12(16)14-9-7-8-13(14,18-6-2)11(15)19-10(3)4/h10H,5-9H2,1-4H3/t13-/m1/s1. The molecule has 0 saturated carbocycles. The van der Waals surface area contributed by atoms with Crippen LogP contribution < -0.4 is 0 Å². The van der Waals surface area contributed by atoms with Crippen molar-refractivity contribution in [2.24, 2.45) is 0 Å². The fourth-order valence-electron chi connectivity index (χ4n) is 2.20. The molecule has 110 valence electrons. The fourth-order valence-corrected chi connectivity index (χ4v) is 2.20. The van der Waals surface area contributed by atoms with Gasteiger partial charge in [0, 0.05) is 19.6 Å². The highest BCUT2D eigenvalue weighted by molar-refractivity contribution is 5.85. The second-order valence-electron chi connectivity index (χ2n) is 4.63. The number of carbonyl (C=O) groups excluding carboxylic acids is 2. The van der Waals surface area contributed by atoms with Gasteiger partial charge in [-0.25, -0.2) is 9.59 Å². The summed E-state index contributed by atoms with van der Waals surface area (Å²) in [6.45, 7) is 8.06. The smallest absolute Gasteiger partial charge is 0.412 e. The number of likely N-dealkylation sites (tertiary alicyclic amines) is 1. The molecule has 1 fully saturated rings. The maximum Gasteiger partial charge on any atom is 0.412 e. The Morgan fingerprint density at radius 1 is 1.26 bits per heavy atom. The van der Waals surface area contributed by atoms with Gasteiger partial charge in [0.05, 0.1) is 12.7 Å². The van der Waals surface area contributed by atoms with E-state index < -0.39 is 17.8 Å². The molecular weight excluding hydrogens is 250 g/mol. The first kappa shape index (κ1) is 15.8. The Morgan fingerprint density at radius 3 is 2.47 bits per heavy atom. The first-order valence-electron chi connectivity index (χ1n) is 6.77. The highest BCUT2D eigenvalue weighted by Crippen LogP contribution is 2.33. The topological polar surface area (TPSA) is 65.1 Å². The summed E-state index contributed by atoms with van der Waals surface area (Å²) in [6, 6.07) is 0. The van der Waals surface area contributed by atoms with E-state index in [1.165, 1.54) is 4.90 Å². The predicted octanol–water partition coefficient (Wildman–Crippen LogP) is 1.92. The monoisotopic (exact) mass is 273 g/mol. The van der Waals surface area contributed by atoms with Crippen LogP contribution in [-0.4, -0.2) is 48.5 Å². The first-order valence-corrected chi connectivity index (χ1v) is 6.77. The van der Waals surface area contributed by atoms with E-state index in [-0.39, 0.29) is 12.7 Å². The minimum Gasteiger partial charge on any atom is -0.459 e. The molecule has 0 aromatic rings. The maximum absolute atomic E-state index is 12.3. The zero-order valence-electron chi connectivity index (χ0n) is 12.1. The van der Waals surface area contributed by atoms with E-state index in [1.807, 2.05) is 0 Å². The van der Waals surface area contributed by atoms with E-state index in [0.29, 0.717) is 26.0 Å². The summed E-state index contributed by atoms with van der Waals surface area (Å²) < 4.78 is 15.8. The summed E-state index contributed by atoms with van der Waals surface area (Å²) in [7, 11) is 0. The van der Waals surface area contributed by atoms with Crippen molar-refractivity contribution in [1.82, 2.24) is 4.90 Å². The highest BCUT2D eigenvalue weighted by atomic mass is 16.6. The molecule has 19 heavy (non-hydrogen) atoms. The number of hydrogen-bond acceptors (Lipinski definition) is 5. The van der Waals surface area contributed by atoms with Gasteiger partial charge in [-0.15, -0.1) is 0 Å². The van der Waals surface area contributed by atoms with Gasteiger partial charge in [0.1, 0.15) is 0 Å². The van der Waals surface area contributed by atoms with Gasteiger partial charge >= 0.3 is 12.1 Å². The summed E-state index contributed by atoms with van der Waals surface area (Å²) in [6.07, 6.45) is 0.334. The van der Waals surface area contributed by atoms with Crippen LogP contribution in [0.1, 0.15) is 40.5 Å². The molecule has 1 amide bonds. The second-order valence-corrected chi connectivity index (χ2v) is 4.63. The summed E-state index contributed by atoms with van der Waals surface area (Å²) in [5.41, 5.74) is -1.33. The number of amides is 1. The van der Waals surface area contributed by atoms with Gasteiger partial charge < -0.3 is 14.2 Å². The number of ether oxygens (including phenoxy) is 3. The Hall–Kier alpha value is -1.30. The SMILES string of the molecule is CCOC(=O)N1CCC[C@@]1(OCC)C(=O)OC(C)C. The molecule has 0 aromatic carbocycles. The Balaban J connectivity index is 2.95. The average molecular weight is 273 g/mol. The van der Waals surface area contributed by atoms with Gasteiger partial charge in [0.2, 0.25) is 5.72 Å². The zero-order valence-corrected chi connectivity index (χ0v) is 12.1. The third kappa shape index (κ3) is 3.37. The number of hydrogen-bond donors (Lipinski definition) is 0. The van der Waals surface area contributed by atoms with Crippen molar-refractivity contribution in [2.75, 3.05) is 19.8 Å². The normalized spacial score (nSPS) is 22.7. The first-order chi connectivity index (χ1) is 8.97. The van der Waals surface area contributed by atoms with Gasteiger partial charge in [-0.3, -0.25) is 4.90 Å². The molecule has 0 unspecified atom stereocenters. The second kappa shape index (κ2) is 6.75. The Kier molecular flexibility index (Phi) is 5.60. The van der Waals surface area contributed by atoms with Crippen molar-refractivity contribution in [3.63, 3.8) is 0 Å². The van der Waals surface area contributed by atoms with Crippen LogP contribution in [0.3, 0.4) is 0 Å². The zero-order chi connectivity index (χ0) is 14.5. The molecule has 1 saturated heterocycles. The molecule has 0 spiro atoms. The lowest BCUT2D eigenvalue weighted by Gasteiger charge is -2.35. The molecule has 6 heteroatoms. The fraction of sp³-hybridized carbons (Fsp3) is 0.846. The Morgan fingerprint density at radius 2 is 1.95 bits per heavy atom. The molecule has 6 nitrogen and oxygen atoms in total. The molecule has 0 N–H and O–H groups in total. The van der Waals surface area contributed by atoms with Crippen molar-refractivity contribution in [2.45, 2.75) is 52.4 Å². The minimum absolute atomic E-state index is 0.255. The van der Waals surface area contributed by atoms with Gasteiger partial charge in [-0.1, -0.05) is 0 Å². The van der Waals surface area contributed by atoms with Crippen LogP contribution in [0.2, 0.25) is 0 Å². The number of rotatable bonds is 5. The number of esters is 1. The summed E-state index contributed by atoms with van der Waals surface area (Å²) in [4.78, 5) is 25.6. The summed E-state index contributed by atoms with van der Waals surface area (Å²) in [5, 5.41) is 0. The van der Waals surface area contributed by atoms with Crippen molar-refractivity contribution in [3.05, 3.63) is 0 Å². The van der Waals surface area contributed by atoms with Crippen molar-refractivity contribution >= 4 is 12.1 Å². The lowest BCUT2D eigenvalue weighted by atomic mass is 10.1. The Labute approximate surface area is 114 Å². The van der Waals surface area contributed by atoms with Gasteiger partial charge in [0.25, 0.3) is 0 Å². The molecule has 0 radical (unpaired) electrons. The van der Waals surface area contributed by atoms with Gasteiger partial charge in [-0.05, 0) is 34.1 Å². The van der Waals surface area contributed by atoms with E-state index in [0.717, 1.165) is 0 Å². The van der Waals surface area contributed by atoms with Crippen LogP contribution in [-0.2, 0) is 19.0 Å². The molecule has 0 bridgehead atoms. The van der Waals surface area contributed by atoms with E-state index in [9.17, 15) is 9.59 Å². The van der Waals surface area contributed by atoms with Crippen LogP contribution >= 0.6 is 0 Å². The molecule has 0 aromatic heterocycles. The molecule has 1 heterocycles. The third-order valence-electron chi connectivity index (χ3n) is 2.87. The molecule has 1 rings (SSSR count). The van der Waals surface area contributed by atoms with Gasteiger partial charge in [0.15, 0.2) is 0 Å². The van der Waals surface area contributed by atoms with Gasteiger partial charge in [-0.2, -0.15) is 0 Å². The lowest BCUT2D eigenvalue weighted by molar-refractivity contribution is -0.195. The summed E-state index contributed by atoms with van der Waals surface area (Å²) in [5.74, 6) is -0.519. The lowest BCUT2D eigenvalue weighted by Crippen LogP contribution is -2.56. The van der Waals surface area contributed by atoms with Crippen molar-refractivity contribution in [3.8, 4) is 0 Å². The highest BCUT2D eigenvalue weighted by Gasteiger charge is 2.53. The molecule has 1 atom stereocenters. The molecular formula is C13H23NO5. The quantitative estimate of drug-likeness (QED) is 0.716.